The predicted molar refractivity (Wildman–Crippen MR) is 64.4 cm³/mol. The van der Waals surface area contributed by atoms with Crippen molar-refractivity contribution in [2.24, 2.45) is 5.73 Å². The molecule has 1 heterocycles. The summed E-state index contributed by atoms with van der Waals surface area (Å²) in [6.07, 6.45) is 2.61. The molecule has 96 valence electrons. The molecule has 0 aliphatic heterocycles. The Morgan fingerprint density at radius 2 is 2.06 bits per heavy atom. The van der Waals surface area contributed by atoms with Crippen molar-refractivity contribution in [3.8, 4) is 5.75 Å². The van der Waals surface area contributed by atoms with Crippen LogP contribution in [0.15, 0.2) is 30.5 Å². The fourth-order valence-corrected chi connectivity index (χ4v) is 1.49. The minimum Gasteiger partial charge on any atom is -0.494 e. The molecule has 0 aliphatic carbocycles. The Labute approximate surface area is 104 Å². The molecule has 0 aliphatic rings. The van der Waals surface area contributed by atoms with Crippen LogP contribution in [0.5, 0.6) is 5.75 Å². The molecule has 18 heavy (non-hydrogen) atoms. The number of hydrogen-bond donors (Lipinski definition) is 1. The van der Waals surface area contributed by atoms with Gasteiger partial charge in [-0.3, -0.25) is 4.68 Å². The number of ether oxygens (including phenoxy) is 1. The van der Waals surface area contributed by atoms with Crippen LogP contribution in [0.1, 0.15) is 12.1 Å². The SMILES string of the molecule is NCc1cn(CCCOc2ccc(F)cc2)nn1. The van der Waals surface area contributed by atoms with Crippen LogP contribution >= 0.6 is 0 Å². The highest BCUT2D eigenvalue weighted by atomic mass is 19.1. The maximum atomic E-state index is 12.6. The maximum absolute atomic E-state index is 12.6. The average molecular weight is 250 g/mol. The Morgan fingerprint density at radius 1 is 1.28 bits per heavy atom. The number of halogens is 1. The highest BCUT2D eigenvalue weighted by Crippen LogP contribution is 2.11. The lowest BCUT2D eigenvalue weighted by Crippen LogP contribution is -2.05. The number of rotatable bonds is 6. The molecule has 6 heteroatoms. The van der Waals surface area contributed by atoms with Crippen LogP contribution in [-0.2, 0) is 13.1 Å². The summed E-state index contributed by atoms with van der Waals surface area (Å²) >= 11 is 0. The third-order valence-corrected chi connectivity index (χ3v) is 2.41. The molecule has 0 fully saturated rings. The van der Waals surface area contributed by atoms with Gasteiger partial charge in [0.25, 0.3) is 0 Å². The van der Waals surface area contributed by atoms with E-state index >= 15 is 0 Å². The van der Waals surface area contributed by atoms with Gasteiger partial charge in [0.1, 0.15) is 11.6 Å². The minimum absolute atomic E-state index is 0.265. The average Bonchev–Trinajstić information content (AvgIpc) is 2.85. The molecule has 1 aromatic heterocycles. The summed E-state index contributed by atoms with van der Waals surface area (Å²) < 4.78 is 19.8. The summed E-state index contributed by atoms with van der Waals surface area (Å²) in [4.78, 5) is 0. The number of benzene rings is 1. The van der Waals surface area contributed by atoms with E-state index in [-0.39, 0.29) is 5.82 Å². The molecular formula is C12H15FN4O. The molecule has 0 radical (unpaired) electrons. The van der Waals surface area contributed by atoms with Crippen LogP contribution in [-0.4, -0.2) is 21.6 Å². The Morgan fingerprint density at radius 3 is 2.72 bits per heavy atom. The van der Waals surface area contributed by atoms with Crippen molar-refractivity contribution in [2.45, 2.75) is 19.5 Å². The number of nitrogens with two attached hydrogens (primary N) is 1. The van der Waals surface area contributed by atoms with Crippen molar-refractivity contribution in [2.75, 3.05) is 6.61 Å². The molecule has 2 N–H and O–H groups in total. The van der Waals surface area contributed by atoms with Gasteiger partial charge in [-0.15, -0.1) is 5.10 Å². The van der Waals surface area contributed by atoms with Crippen molar-refractivity contribution >= 4 is 0 Å². The molecule has 0 saturated carbocycles. The van der Waals surface area contributed by atoms with Gasteiger partial charge >= 0.3 is 0 Å². The van der Waals surface area contributed by atoms with E-state index < -0.39 is 0 Å². The fourth-order valence-electron chi connectivity index (χ4n) is 1.49. The van der Waals surface area contributed by atoms with E-state index in [9.17, 15) is 4.39 Å². The predicted octanol–water partition coefficient (Wildman–Crippen LogP) is 1.34. The number of aromatic nitrogens is 3. The molecule has 1 aromatic carbocycles. The van der Waals surface area contributed by atoms with E-state index in [0.29, 0.717) is 25.4 Å². The van der Waals surface area contributed by atoms with Crippen molar-refractivity contribution in [3.05, 3.63) is 42.0 Å². The molecular weight excluding hydrogens is 235 g/mol. The molecule has 2 aromatic rings. The minimum atomic E-state index is -0.265. The van der Waals surface area contributed by atoms with Gasteiger partial charge in [0.2, 0.25) is 0 Å². The monoisotopic (exact) mass is 250 g/mol. The van der Waals surface area contributed by atoms with E-state index in [1.165, 1.54) is 12.1 Å². The Hall–Kier alpha value is -1.95. The second-order valence-electron chi connectivity index (χ2n) is 3.83. The first-order valence-corrected chi connectivity index (χ1v) is 5.75. The first kappa shape index (κ1) is 12.5. The van der Waals surface area contributed by atoms with Crippen molar-refractivity contribution < 1.29 is 9.13 Å². The molecule has 0 spiro atoms. The van der Waals surface area contributed by atoms with Gasteiger partial charge < -0.3 is 10.5 Å². The van der Waals surface area contributed by atoms with E-state index in [1.807, 2.05) is 6.20 Å². The van der Waals surface area contributed by atoms with Crippen molar-refractivity contribution in [1.82, 2.24) is 15.0 Å². The Kier molecular flexibility index (Phi) is 4.25. The quantitative estimate of drug-likeness (QED) is 0.786. The fraction of sp³-hybridized carbons (Fsp3) is 0.333. The first-order valence-electron chi connectivity index (χ1n) is 5.75. The number of nitrogens with zero attached hydrogens (tertiary/aromatic N) is 3. The van der Waals surface area contributed by atoms with Crippen LogP contribution in [0.4, 0.5) is 4.39 Å². The lowest BCUT2D eigenvalue weighted by atomic mass is 10.3. The smallest absolute Gasteiger partial charge is 0.123 e. The van der Waals surface area contributed by atoms with Crippen LogP contribution < -0.4 is 10.5 Å². The molecule has 0 atom stereocenters. The molecule has 0 saturated heterocycles. The standard InChI is InChI=1S/C12H15FN4O/c13-10-2-4-12(5-3-10)18-7-1-6-17-9-11(8-14)15-16-17/h2-5,9H,1,6-8,14H2. The summed E-state index contributed by atoms with van der Waals surface area (Å²) in [6.45, 7) is 1.66. The zero-order valence-electron chi connectivity index (χ0n) is 9.92. The van der Waals surface area contributed by atoms with Gasteiger partial charge in [-0.2, -0.15) is 0 Å². The van der Waals surface area contributed by atoms with E-state index in [4.69, 9.17) is 10.5 Å². The van der Waals surface area contributed by atoms with Gasteiger partial charge in [-0.1, -0.05) is 5.21 Å². The summed E-state index contributed by atoms with van der Waals surface area (Å²) in [6, 6.07) is 5.97. The van der Waals surface area contributed by atoms with Crippen LogP contribution in [0.25, 0.3) is 0 Å². The lowest BCUT2D eigenvalue weighted by Gasteiger charge is -2.05. The first-order chi connectivity index (χ1) is 8.78. The largest absolute Gasteiger partial charge is 0.494 e. The molecule has 5 nitrogen and oxygen atoms in total. The zero-order chi connectivity index (χ0) is 12.8. The number of hydrogen-bond acceptors (Lipinski definition) is 4. The second-order valence-corrected chi connectivity index (χ2v) is 3.83. The topological polar surface area (TPSA) is 66.0 Å². The molecule has 2 rings (SSSR count). The van der Waals surface area contributed by atoms with Crippen LogP contribution in [0.2, 0.25) is 0 Å². The van der Waals surface area contributed by atoms with Gasteiger partial charge in [0.05, 0.1) is 12.3 Å². The zero-order valence-corrected chi connectivity index (χ0v) is 9.92. The third-order valence-electron chi connectivity index (χ3n) is 2.41. The van der Waals surface area contributed by atoms with E-state index in [1.54, 1.807) is 16.8 Å². The third kappa shape index (κ3) is 3.53. The van der Waals surface area contributed by atoms with E-state index in [0.717, 1.165) is 12.1 Å². The highest BCUT2D eigenvalue weighted by Gasteiger charge is 1.99. The Bertz CT molecular complexity index is 483. The lowest BCUT2D eigenvalue weighted by molar-refractivity contribution is 0.297. The maximum Gasteiger partial charge on any atom is 0.123 e. The summed E-state index contributed by atoms with van der Waals surface area (Å²) in [7, 11) is 0. The summed E-state index contributed by atoms with van der Waals surface area (Å²) in [5.41, 5.74) is 6.21. The Balaban J connectivity index is 1.71. The normalized spacial score (nSPS) is 10.6. The number of aryl methyl sites for hydroxylation is 1. The van der Waals surface area contributed by atoms with Gasteiger partial charge in [0, 0.05) is 25.7 Å². The summed E-state index contributed by atoms with van der Waals surface area (Å²) in [5, 5.41) is 7.81. The second kappa shape index (κ2) is 6.11. The van der Waals surface area contributed by atoms with Gasteiger partial charge in [-0.05, 0) is 24.3 Å². The van der Waals surface area contributed by atoms with Crippen LogP contribution in [0, 0.1) is 5.82 Å². The van der Waals surface area contributed by atoms with Gasteiger partial charge in [0.15, 0.2) is 0 Å². The molecule has 0 unspecified atom stereocenters. The van der Waals surface area contributed by atoms with Crippen molar-refractivity contribution in [1.29, 1.82) is 0 Å². The van der Waals surface area contributed by atoms with Gasteiger partial charge in [-0.25, -0.2) is 4.39 Å². The molecule has 0 bridgehead atoms. The van der Waals surface area contributed by atoms with Crippen molar-refractivity contribution in [3.63, 3.8) is 0 Å². The van der Waals surface area contributed by atoms with Crippen LogP contribution in [0.3, 0.4) is 0 Å². The van der Waals surface area contributed by atoms with E-state index in [2.05, 4.69) is 10.3 Å². The summed E-state index contributed by atoms with van der Waals surface area (Å²) in [5.74, 6) is 0.400. The molecule has 0 amide bonds. The highest BCUT2D eigenvalue weighted by molar-refractivity contribution is 5.21.